The predicted molar refractivity (Wildman–Crippen MR) is 75.0 cm³/mol. The second-order valence-corrected chi connectivity index (χ2v) is 4.71. The maximum atomic E-state index is 11.5. The van der Waals surface area contributed by atoms with Gasteiger partial charge >= 0.3 is 5.97 Å². The molecule has 1 aromatic carbocycles. The molecule has 20 heavy (non-hydrogen) atoms. The third-order valence-corrected chi connectivity index (χ3v) is 3.17. The van der Waals surface area contributed by atoms with Crippen LogP contribution in [0, 0.1) is 0 Å². The number of cyclic esters (lactones) is 1. The highest BCUT2D eigenvalue weighted by atomic mass is 16.6. The lowest BCUT2D eigenvalue weighted by molar-refractivity contribution is -0.143. The predicted octanol–water partition coefficient (Wildman–Crippen LogP) is 1.89. The minimum atomic E-state index is -0.507. The molecule has 0 aliphatic carbocycles. The maximum absolute atomic E-state index is 11.5. The summed E-state index contributed by atoms with van der Waals surface area (Å²) in [5.74, 6) is 1.10. The average molecular weight is 279 g/mol. The molecule has 1 saturated heterocycles. The number of benzene rings is 1. The summed E-state index contributed by atoms with van der Waals surface area (Å²) >= 11 is 0. The Balaban J connectivity index is 2.11. The zero-order valence-corrected chi connectivity index (χ0v) is 12.0. The highest BCUT2D eigenvalue weighted by Crippen LogP contribution is 2.27. The minimum absolute atomic E-state index is 0.291. The van der Waals surface area contributed by atoms with Gasteiger partial charge in [0.2, 0.25) is 0 Å². The highest BCUT2D eigenvalue weighted by Gasteiger charge is 2.29. The first kappa shape index (κ1) is 14.7. The number of methoxy groups -OCH3 is 1. The molecule has 0 radical (unpaired) electrons. The molecule has 5 nitrogen and oxygen atoms in total. The number of ether oxygens (including phenoxy) is 3. The third-order valence-electron chi connectivity index (χ3n) is 3.17. The van der Waals surface area contributed by atoms with Crippen LogP contribution in [0.3, 0.4) is 0 Å². The average Bonchev–Trinajstić information content (AvgIpc) is 2.86. The first-order chi connectivity index (χ1) is 9.74. The SMILES string of the molecule is CCCNCc1ccc(OC)cc1OC1CCOC1=O. The van der Waals surface area contributed by atoms with Crippen molar-refractivity contribution in [3.05, 3.63) is 23.8 Å². The van der Waals surface area contributed by atoms with Crippen molar-refractivity contribution in [3.8, 4) is 11.5 Å². The summed E-state index contributed by atoms with van der Waals surface area (Å²) < 4.78 is 15.9. The van der Waals surface area contributed by atoms with Crippen molar-refractivity contribution in [3.63, 3.8) is 0 Å². The fourth-order valence-corrected chi connectivity index (χ4v) is 2.06. The molecule has 0 bridgehead atoms. The number of carbonyl (C=O) groups excluding carboxylic acids is 1. The number of hydrogen-bond acceptors (Lipinski definition) is 5. The van der Waals surface area contributed by atoms with Gasteiger partial charge in [-0.2, -0.15) is 0 Å². The smallest absolute Gasteiger partial charge is 0.347 e. The Kier molecular flexibility index (Phi) is 5.24. The van der Waals surface area contributed by atoms with Crippen molar-refractivity contribution < 1.29 is 19.0 Å². The van der Waals surface area contributed by atoms with E-state index in [-0.39, 0.29) is 5.97 Å². The number of hydrogen-bond donors (Lipinski definition) is 1. The van der Waals surface area contributed by atoms with E-state index in [4.69, 9.17) is 14.2 Å². The molecule has 5 heteroatoms. The quantitative estimate of drug-likeness (QED) is 0.610. The molecule has 1 aromatic rings. The molecular formula is C15H21NO4. The number of esters is 1. The Hall–Kier alpha value is -1.75. The van der Waals surface area contributed by atoms with Crippen LogP contribution in [0.25, 0.3) is 0 Å². The second kappa shape index (κ2) is 7.14. The molecule has 0 saturated carbocycles. The van der Waals surface area contributed by atoms with Gasteiger partial charge in [-0.15, -0.1) is 0 Å². The molecule has 1 heterocycles. The monoisotopic (exact) mass is 279 g/mol. The molecule has 0 aromatic heterocycles. The molecule has 1 N–H and O–H groups in total. The molecule has 0 amide bonds. The van der Waals surface area contributed by atoms with Crippen LogP contribution >= 0.6 is 0 Å². The number of carbonyl (C=O) groups is 1. The molecular weight excluding hydrogens is 258 g/mol. The zero-order valence-electron chi connectivity index (χ0n) is 12.0. The first-order valence-corrected chi connectivity index (χ1v) is 6.95. The molecule has 0 spiro atoms. The van der Waals surface area contributed by atoms with E-state index in [0.29, 0.717) is 31.1 Å². The Morgan fingerprint density at radius 1 is 1.45 bits per heavy atom. The summed E-state index contributed by atoms with van der Waals surface area (Å²) in [6.07, 6.45) is 1.16. The molecule has 110 valence electrons. The zero-order chi connectivity index (χ0) is 14.4. The summed E-state index contributed by atoms with van der Waals surface area (Å²) in [7, 11) is 1.61. The lowest BCUT2D eigenvalue weighted by Crippen LogP contribution is -2.23. The van der Waals surface area contributed by atoms with Gasteiger partial charge in [-0.3, -0.25) is 0 Å². The fourth-order valence-electron chi connectivity index (χ4n) is 2.06. The van der Waals surface area contributed by atoms with E-state index in [0.717, 1.165) is 18.5 Å². The largest absolute Gasteiger partial charge is 0.497 e. The van der Waals surface area contributed by atoms with Crippen molar-refractivity contribution in [2.24, 2.45) is 0 Å². The van der Waals surface area contributed by atoms with Gasteiger partial charge in [0, 0.05) is 24.6 Å². The van der Waals surface area contributed by atoms with Crippen LogP contribution in [0.2, 0.25) is 0 Å². The summed E-state index contributed by atoms with van der Waals surface area (Å²) in [5.41, 5.74) is 1.01. The van der Waals surface area contributed by atoms with Crippen molar-refractivity contribution in [2.45, 2.75) is 32.4 Å². The minimum Gasteiger partial charge on any atom is -0.497 e. The molecule has 1 atom stereocenters. The molecule has 1 aliphatic heterocycles. The van der Waals surface area contributed by atoms with E-state index in [1.165, 1.54) is 0 Å². The Morgan fingerprint density at radius 2 is 2.30 bits per heavy atom. The van der Waals surface area contributed by atoms with Crippen molar-refractivity contribution in [1.29, 1.82) is 0 Å². The van der Waals surface area contributed by atoms with Crippen LogP contribution in [0.1, 0.15) is 25.3 Å². The van der Waals surface area contributed by atoms with Gasteiger partial charge in [0.05, 0.1) is 13.7 Å². The van der Waals surface area contributed by atoms with Gasteiger partial charge in [-0.05, 0) is 19.0 Å². The molecule has 1 aliphatic rings. The lowest BCUT2D eigenvalue weighted by Gasteiger charge is -2.15. The number of rotatable bonds is 7. The van der Waals surface area contributed by atoms with E-state index < -0.39 is 6.10 Å². The van der Waals surface area contributed by atoms with Crippen molar-refractivity contribution in [2.75, 3.05) is 20.3 Å². The van der Waals surface area contributed by atoms with Gasteiger partial charge in [0.1, 0.15) is 11.5 Å². The van der Waals surface area contributed by atoms with Crippen LogP contribution < -0.4 is 14.8 Å². The normalized spacial score (nSPS) is 17.9. The molecule has 1 unspecified atom stereocenters. The van der Waals surface area contributed by atoms with E-state index in [2.05, 4.69) is 12.2 Å². The Labute approximate surface area is 119 Å². The fraction of sp³-hybridized carbons (Fsp3) is 0.533. The second-order valence-electron chi connectivity index (χ2n) is 4.71. The molecule has 1 fully saturated rings. The van der Waals surface area contributed by atoms with Crippen molar-refractivity contribution >= 4 is 5.97 Å². The van der Waals surface area contributed by atoms with Crippen LogP contribution in [-0.2, 0) is 16.1 Å². The van der Waals surface area contributed by atoms with Gasteiger partial charge < -0.3 is 19.5 Å². The van der Waals surface area contributed by atoms with E-state index in [1.807, 2.05) is 18.2 Å². The Bertz CT molecular complexity index is 461. The number of nitrogens with one attached hydrogen (secondary N) is 1. The standard InChI is InChI=1S/C15H21NO4/c1-3-7-16-10-11-4-5-12(18-2)9-14(11)20-13-6-8-19-15(13)17/h4-5,9,13,16H,3,6-8,10H2,1-2H3. The van der Waals surface area contributed by atoms with E-state index in [9.17, 15) is 4.79 Å². The molecule has 2 rings (SSSR count). The van der Waals surface area contributed by atoms with E-state index >= 15 is 0 Å². The van der Waals surface area contributed by atoms with Crippen molar-refractivity contribution in [1.82, 2.24) is 5.32 Å². The van der Waals surface area contributed by atoms with Crippen LogP contribution in [0.4, 0.5) is 0 Å². The summed E-state index contributed by atoms with van der Waals surface area (Å²) in [6, 6.07) is 5.66. The Morgan fingerprint density at radius 3 is 2.95 bits per heavy atom. The lowest BCUT2D eigenvalue weighted by atomic mass is 10.1. The van der Waals surface area contributed by atoms with E-state index in [1.54, 1.807) is 7.11 Å². The summed E-state index contributed by atoms with van der Waals surface area (Å²) in [5, 5.41) is 3.33. The topological polar surface area (TPSA) is 56.8 Å². The summed E-state index contributed by atoms with van der Waals surface area (Å²) in [6.45, 7) is 4.19. The first-order valence-electron chi connectivity index (χ1n) is 6.95. The van der Waals surface area contributed by atoms with Gasteiger partial charge in [-0.25, -0.2) is 4.79 Å². The van der Waals surface area contributed by atoms with Gasteiger partial charge in [0.25, 0.3) is 0 Å². The summed E-state index contributed by atoms with van der Waals surface area (Å²) in [4.78, 5) is 11.5. The van der Waals surface area contributed by atoms with Crippen LogP contribution in [0.5, 0.6) is 11.5 Å². The van der Waals surface area contributed by atoms with Gasteiger partial charge in [0.15, 0.2) is 6.10 Å². The van der Waals surface area contributed by atoms with Gasteiger partial charge in [-0.1, -0.05) is 13.0 Å². The van der Waals surface area contributed by atoms with Crippen LogP contribution in [0.15, 0.2) is 18.2 Å². The highest BCUT2D eigenvalue weighted by molar-refractivity contribution is 5.76. The third kappa shape index (κ3) is 3.63. The van der Waals surface area contributed by atoms with Crippen LogP contribution in [-0.4, -0.2) is 32.3 Å². The maximum Gasteiger partial charge on any atom is 0.347 e.